The van der Waals surface area contributed by atoms with Crippen LogP contribution >= 0.6 is 0 Å². The fraction of sp³-hybridized carbons (Fsp3) is 0.577. The van der Waals surface area contributed by atoms with Crippen LogP contribution in [0.15, 0.2) is 28.8 Å². The van der Waals surface area contributed by atoms with Crippen LogP contribution in [-0.2, 0) is 0 Å². The molecule has 2 aromatic rings. The Labute approximate surface area is 195 Å². The molecule has 2 aliphatic heterocycles. The number of aromatic nitrogens is 1. The Bertz CT molecular complexity index is 999. The Morgan fingerprint density at radius 1 is 1.15 bits per heavy atom. The topological polar surface area (TPSA) is 84.7 Å². The normalized spacial score (nSPS) is 22.2. The molecule has 1 unspecified atom stereocenters. The van der Waals surface area contributed by atoms with Gasteiger partial charge in [-0.05, 0) is 50.7 Å². The number of nitrogens with one attached hydrogen (secondary N) is 1. The minimum absolute atomic E-state index is 0.00675. The third-order valence-electron chi connectivity index (χ3n) is 6.96. The fourth-order valence-corrected chi connectivity index (χ4v) is 5.12. The first-order valence-electron chi connectivity index (χ1n) is 12.2. The molecule has 2 aliphatic rings. The van der Waals surface area contributed by atoms with E-state index in [4.69, 9.17) is 9.26 Å². The second-order valence-electron chi connectivity index (χ2n) is 9.82. The van der Waals surface area contributed by atoms with Crippen LogP contribution in [0.5, 0.6) is 5.75 Å². The molecule has 2 amide bonds. The van der Waals surface area contributed by atoms with E-state index in [9.17, 15) is 9.59 Å². The largest absolute Gasteiger partial charge is 0.493 e. The SMILES string of the molecule is Cc1onc(C(C)C)c1C(=O)N1CCCC2(CCCCCOc3ccccc3C(=O)NC2)C1. The van der Waals surface area contributed by atoms with E-state index in [2.05, 4.69) is 10.5 Å². The number of hydrogen-bond donors (Lipinski definition) is 1. The van der Waals surface area contributed by atoms with E-state index in [1.165, 1.54) is 0 Å². The van der Waals surface area contributed by atoms with E-state index in [1.54, 1.807) is 0 Å². The lowest BCUT2D eigenvalue weighted by Gasteiger charge is -2.43. The number of piperidine rings is 1. The molecule has 3 heterocycles. The highest BCUT2D eigenvalue weighted by atomic mass is 16.5. The highest BCUT2D eigenvalue weighted by molar-refractivity contribution is 5.97. The van der Waals surface area contributed by atoms with Gasteiger partial charge in [0.2, 0.25) is 0 Å². The first-order valence-corrected chi connectivity index (χ1v) is 12.2. The molecule has 7 nitrogen and oxygen atoms in total. The van der Waals surface area contributed by atoms with E-state index in [-0.39, 0.29) is 23.1 Å². The van der Waals surface area contributed by atoms with Crippen molar-refractivity contribution < 1.29 is 18.8 Å². The van der Waals surface area contributed by atoms with Gasteiger partial charge in [0.15, 0.2) is 0 Å². The summed E-state index contributed by atoms with van der Waals surface area (Å²) >= 11 is 0. The summed E-state index contributed by atoms with van der Waals surface area (Å²) in [6.45, 7) is 8.35. The number of para-hydroxylation sites is 1. The molecule has 1 fully saturated rings. The number of carbonyl (C=O) groups is 2. The van der Waals surface area contributed by atoms with Crippen molar-refractivity contribution in [3.8, 4) is 5.75 Å². The van der Waals surface area contributed by atoms with Crippen LogP contribution < -0.4 is 10.1 Å². The van der Waals surface area contributed by atoms with Gasteiger partial charge in [-0.15, -0.1) is 0 Å². The van der Waals surface area contributed by atoms with Gasteiger partial charge < -0.3 is 19.5 Å². The average Bonchev–Trinajstić information content (AvgIpc) is 3.21. The lowest BCUT2D eigenvalue weighted by atomic mass is 9.75. The van der Waals surface area contributed by atoms with Crippen LogP contribution in [0.3, 0.4) is 0 Å². The van der Waals surface area contributed by atoms with Crippen molar-refractivity contribution in [3.05, 3.63) is 46.8 Å². The summed E-state index contributed by atoms with van der Waals surface area (Å²) in [7, 11) is 0. The van der Waals surface area contributed by atoms with Gasteiger partial charge in [-0.2, -0.15) is 0 Å². The van der Waals surface area contributed by atoms with Gasteiger partial charge in [-0.3, -0.25) is 9.59 Å². The first-order chi connectivity index (χ1) is 15.9. The molecule has 178 valence electrons. The maximum Gasteiger partial charge on any atom is 0.259 e. The van der Waals surface area contributed by atoms with Crippen LogP contribution in [-0.4, -0.2) is 48.1 Å². The van der Waals surface area contributed by atoms with E-state index in [0.717, 1.165) is 44.2 Å². The highest BCUT2D eigenvalue weighted by Crippen LogP contribution is 2.37. The molecule has 7 heteroatoms. The summed E-state index contributed by atoms with van der Waals surface area (Å²) in [6.07, 6.45) is 5.95. The summed E-state index contributed by atoms with van der Waals surface area (Å²) in [5, 5.41) is 7.31. The summed E-state index contributed by atoms with van der Waals surface area (Å²) in [4.78, 5) is 28.5. The van der Waals surface area contributed by atoms with Gasteiger partial charge in [0.1, 0.15) is 17.1 Å². The zero-order valence-electron chi connectivity index (χ0n) is 20.0. The molecule has 0 aliphatic carbocycles. The van der Waals surface area contributed by atoms with Gasteiger partial charge in [-0.25, -0.2) is 0 Å². The Kier molecular flexibility index (Phi) is 7.05. The summed E-state index contributed by atoms with van der Waals surface area (Å²) in [5.41, 5.74) is 1.76. The van der Waals surface area contributed by atoms with Gasteiger partial charge in [0.05, 0.1) is 17.9 Å². The first kappa shape index (κ1) is 23.3. The molecular formula is C26H35N3O4. The molecule has 1 aromatic carbocycles. The maximum atomic E-state index is 13.6. The minimum atomic E-state index is -0.137. The Morgan fingerprint density at radius 3 is 2.76 bits per heavy atom. The number of carbonyl (C=O) groups excluding carboxylic acids is 2. The molecule has 0 radical (unpaired) electrons. The minimum Gasteiger partial charge on any atom is -0.493 e. The number of benzene rings is 1. The number of nitrogens with zero attached hydrogens (tertiary/aromatic N) is 2. The monoisotopic (exact) mass is 453 g/mol. The van der Waals surface area contributed by atoms with Crippen LogP contribution in [0.4, 0.5) is 0 Å². The molecule has 1 atom stereocenters. The summed E-state index contributed by atoms with van der Waals surface area (Å²) < 4.78 is 11.3. The van der Waals surface area contributed by atoms with Crippen molar-refractivity contribution >= 4 is 11.8 Å². The van der Waals surface area contributed by atoms with Crippen LogP contribution in [0.2, 0.25) is 0 Å². The van der Waals surface area contributed by atoms with Crippen LogP contribution in [0, 0.1) is 12.3 Å². The van der Waals surface area contributed by atoms with Crippen molar-refractivity contribution in [1.29, 1.82) is 0 Å². The van der Waals surface area contributed by atoms with Crippen molar-refractivity contribution in [2.75, 3.05) is 26.2 Å². The van der Waals surface area contributed by atoms with Crippen molar-refractivity contribution in [2.24, 2.45) is 5.41 Å². The Morgan fingerprint density at radius 2 is 1.94 bits per heavy atom. The smallest absolute Gasteiger partial charge is 0.259 e. The van der Waals surface area contributed by atoms with Crippen molar-refractivity contribution in [3.63, 3.8) is 0 Å². The predicted octanol–water partition coefficient (Wildman–Crippen LogP) is 4.71. The van der Waals surface area contributed by atoms with Crippen molar-refractivity contribution in [1.82, 2.24) is 15.4 Å². The van der Waals surface area contributed by atoms with Crippen molar-refractivity contribution in [2.45, 2.75) is 65.2 Å². The zero-order chi connectivity index (χ0) is 23.4. The number of likely N-dealkylation sites (tertiary alicyclic amines) is 1. The molecule has 1 N–H and O–H groups in total. The van der Waals surface area contributed by atoms with E-state index >= 15 is 0 Å². The molecule has 1 saturated heterocycles. The van der Waals surface area contributed by atoms with Crippen LogP contribution in [0.25, 0.3) is 0 Å². The number of fused-ring (bicyclic) bond motifs is 1. The average molecular weight is 454 g/mol. The fourth-order valence-electron chi connectivity index (χ4n) is 5.12. The molecule has 0 saturated carbocycles. The molecule has 33 heavy (non-hydrogen) atoms. The Balaban J connectivity index is 1.56. The molecule has 0 bridgehead atoms. The lowest BCUT2D eigenvalue weighted by molar-refractivity contribution is 0.0466. The standard InChI is InChI=1S/C26H35N3O4/c1-18(2)23-22(19(3)33-28-23)25(31)29-14-9-13-26(17-29)12-7-4-8-15-32-21-11-6-5-10-20(21)24(30)27-16-26/h5-6,10-11,18H,4,7-9,12-17H2,1-3H3,(H,27,30). The van der Waals surface area contributed by atoms with Gasteiger partial charge in [0, 0.05) is 25.0 Å². The maximum absolute atomic E-state index is 13.6. The molecule has 1 spiro atoms. The number of aryl methyl sites for hydroxylation is 1. The molecule has 4 rings (SSSR count). The molecular weight excluding hydrogens is 418 g/mol. The van der Waals surface area contributed by atoms with E-state index in [0.29, 0.717) is 48.9 Å². The summed E-state index contributed by atoms with van der Waals surface area (Å²) in [5.74, 6) is 1.20. The predicted molar refractivity (Wildman–Crippen MR) is 126 cm³/mol. The number of rotatable bonds is 2. The second-order valence-corrected chi connectivity index (χ2v) is 9.82. The van der Waals surface area contributed by atoms with E-state index < -0.39 is 0 Å². The Hall–Kier alpha value is -2.83. The number of ether oxygens (including phenoxy) is 1. The second kappa shape index (κ2) is 9.98. The third-order valence-corrected chi connectivity index (χ3v) is 6.96. The summed E-state index contributed by atoms with van der Waals surface area (Å²) in [6, 6.07) is 7.41. The van der Waals surface area contributed by atoms with E-state index in [1.807, 2.05) is 49.9 Å². The zero-order valence-corrected chi connectivity index (χ0v) is 20.0. The van der Waals surface area contributed by atoms with Gasteiger partial charge in [-0.1, -0.05) is 44.0 Å². The van der Waals surface area contributed by atoms with Gasteiger partial charge in [0.25, 0.3) is 11.8 Å². The van der Waals surface area contributed by atoms with Crippen LogP contribution in [0.1, 0.15) is 90.5 Å². The highest BCUT2D eigenvalue weighted by Gasteiger charge is 2.39. The lowest BCUT2D eigenvalue weighted by Crippen LogP contribution is -2.51. The quantitative estimate of drug-likeness (QED) is 0.712. The number of hydrogen-bond acceptors (Lipinski definition) is 5. The third kappa shape index (κ3) is 5.07. The molecule has 1 aromatic heterocycles. The number of amides is 2. The van der Waals surface area contributed by atoms with Gasteiger partial charge >= 0.3 is 0 Å².